The van der Waals surface area contributed by atoms with Crippen molar-refractivity contribution in [3.63, 3.8) is 0 Å². The summed E-state index contributed by atoms with van der Waals surface area (Å²) in [6.07, 6.45) is 0. The summed E-state index contributed by atoms with van der Waals surface area (Å²) in [5, 5.41) is 10.2. The lowest BCUT2D eigenvalue weighted by Crippen LogP contribution is -2.23. The Kier molecular flexibility index (Phi) is 4.46. The molecule has 0 spiro atoms. The van der Waals surface area contributed by atoms with Crippen molar-refractivity contribution in [1.82, 2.24) is 4.90 Å². The Morgan fingerprint density at radius 3 is 2.59 bits per heavy atom. The molecular weight excluding hydrogens is 298 g/mol. The fraction of sp³-hybridized carbons (Fsp3) is 0.278. The molecule has 3 rings (SSSR count). The summed E-state index contributed by atoms with van der Waals surface area (Å²) in [6.45, 7) is 2.09. The summed E-state index contributed by atoms with van der Waals surface area (Å²) in [5.41, 5.74) is 2.22. The molecule has 114 valence electrons. The third kappa shape index (κ3) is 3.32. The van der Waals surface area contributed by atoms with Crippen molar-refractivity contribution in [3.05, 3.63) is 70.7 Å². The van der Waals surface area contributed by atoms with E-state index in [1.807, 2.05) is 42.5 Å². The third-order valence-electron chi connectivity index (χ3n) is 4.24. The number of aliphatic carboxylic acids is 1. The lowest BCUT2D eigenvalue weighted by molar-refractivity contribution is -0.141. The predicted molar refractivity (Wildman–Crippen MR) is 87.0 cm³/mol. The summed E-state index contributed by atoms with van der Waals surface area (Å²) in [7, 11) is 0. The predicted octanol–water partition coefficient (Wildman–Crippen LogP) is 3.64. The van der Waals surface area contributed by atoms with Crippen molar-refractivity contribution < 1.29 is 9.90 Å². The molecule has 0 aliphatic carbocycles. The maximum atomic E-state index is 11.6. The van der Waals surface area contributed by atoms with E-state index in [0.717, 1.165) is 18.7 Å². The van der Waals surface area contributed by atoms with Crippen molar-refractivity contribution in [3.8, 4) is 0 Å². The first-order valence-electron chi connectivity index (χ1n) is 7.38. The minimum absolute atomic E-state index is 0.0140. The highest BCUT2D eigenvalue weighted by atomic mass is 35.5. The van der Waals surface area contributed by atoms with Crippen LogP contribution in [0.2, 0.25) is 5.02 Å². The smallest absolute Gasteiger partial charge is 0.308 e. The van der Waals surface area contributed by atoms with Crippen molar-refractivity contribution in [2.24, 2.45) is 5.92 Å². The Bertz CT molecular complexity index is 659. The summed E-state index contributed by atoms with van der Waals surface area (Å²) in [4.78, 5) is 13.8. The molecule has 0 aromatic heterocycles. The van der Waals surface area contributed by atoms with Crippen LogP contribution in [0.4, 0.5) is 0 Å². The zero-order valence-corrected chi connectivity index (χ0v) is 12.9. The van der Waals surface area contributed by atoms with Gasteiger partial charge in [0.05, 0.1) is 5.92 Å². The molecule has 1 saturated heterocycles. The second-order valence-corrected chi connectivity index (χ2v) is 6.22. The molecule has 3 nitrogen and oxygen atoms in total. The minimum Gasteiger partial charge on any atom is -0.481 e. The molecule has 22 heavy (non-hydrogen) atoms. The van der Waals surface area contributed by atoms with E-state index in [9.17, 15) is 9.90 Å². The first kappa shape index (κ1) is 15.1. The van der Waals surface area contributed by atoms with Crippen molar-refractivity contribution in [2.75, 3.05) is 13.1 Å². The average molecular weight is 316 g/mol. The summed E-state index contributed by atoms with van der Waals surface area (Å²) in [6, 6.07) is 17.7. The zero-order chi connectivity index (χ0) is 15.5. The van der Waals surface area contributed by atoms with Crippen LogP contribution in [0.25, 0.3) is 0 Å². The number of likely N-dealkylation sites (tertiary alicyclic amines) is 1. The van der Waals surface area contributed by atoms with Gasteiger partial charge in [-0.05, 0) is 23.3 Å². The van der Waals surface area contributed by atoms with Crippen molar-refractivity contribution >= 4 is 17.6 Å². The van der Waals surface area contributed by atoms with Gasteiger partial charge in [-0.3, -0.25) is 9.69 Å². The Morgan fingerprint density at radius 2 is 1.91 bits per heavy atom. The largest absolute Gasteiger partial charge is 0.481 e. The lowest BCUT2D eigenvalue weighted by Gasteiger charge is -2.16. The molecule has 0 amide bonds. The normalized spacial score (nSPS) is 21.9. The van der Waals surface area contributed by atoms with E-state index >= 15 is 0 Å². The summed E-state index contributed by atoms with van der Waals surface area (Å²) >= 11 is 6.06. The van der Waals surface area contributed by atoms with Gasteiger partial charge in [-0.15, -0.1) is 0 Å². The molecule has 2 aromatic carbocycles. The molecule has 4 heteroatoms. The molecule has 0 bridgehead atoms. The topological polar surface area (TPSA) is 40.5 Å². The van der Waals surface area contributed by atoms with Crippen LogP contribution in [0.3, 0.4) is 0 Å². The Labute approximate surface area is 135 Å². The molecule has 2 aromatic rings. The molecule has 1 aliphatic rings. The van der Waals surface area contributed by atoms with Crippen LogP contribution in [0.15, 0.2) is 54.6 Å². The van der Waals surface area contributed by atoms with Crippen LogP contribution in [-0.2, 0) is 11.3 Å². The summed E-state index contributed by atoms with van der Waals surface area (Å²) in [5.74, 6) is -1.14. The van der Waals surface area contributed by atoms with Crippen LogP contribution in [0.5, 0.6) is 0 Å². The molecule has 2 atom stereocenters. The molecular formula is C18H18ClNO2. The third-order valence-corrected chi connectivity index (χ3v) is 4.47. The quantitative estimate of drug-likeness (QED) is 0.936. The van der Waals surface area contributed by atoms with Crippen LogP contribution >= 0.6 is 11.6 Å². The van der Waals surface area contributed by atoms with Gasteiger partial charge in [0, 0.05) is 30.6 Å². The van der Waals surface area contributed by atoms with E-state index in [0.29, 0.717) is 11.6 Å². The van der Waals surface area contributed by atoms with Gasteiger partial charge in [0.25, 0.3) is 0 Å². The number of benzene rings is 2. The minimum atomic E-state index is -0.736. The highest BCUT2D eigenvalue weighted by molar-refractivity contribution is 6.30. The molecule has 0 radical (unpaired) electrons. The Morgan fingerprint density at radius 1 is 1.14 bits per heavy atom. The highest BCUT2D eigenvalue weighted by Crippen LogP contribution is 2.34. The summed E-state index contributed by atoms with van der Waals surface area (Å²) < 4.78 is 0. The fourth-order valence-electron chi connectivity index (χ4n) is 3.18. The van der Waals surface area contributed by atoms with E-state index in [-0.39, 0.29) is 11.8 Å². The van der Waals surface area contributed by atoms with E-state index in [1.165, 1.54) is 5.56 Å². The Hall–Kier alpha value is -1.84. The van der Waals surface area contributed by atoms with Gasteiger partial charge < -0.3 is 5.11 Å². The number of nitrogens with zero attached hydrogens (tertiary/aromatic N) is 1. The lowest BCUT2D eigenvalue weighted by atomic mass is 9.89. The number of hydrogen-bond acceptors (Lipinski definition) is 2. The number of hydrogen-bond donors (Lipinski definition) is 1. The standard InChI is InChI=1S/C18H18ClNO2/c19-15-8-4-7-14(9-15)16-11-20(12-17(16)18(21)22)10-13-5-2-1-3-6-13/h1-9,16-17H,10-12H2,(H,21,22). The number of carbonyl (C=O) groups is 1. The van der Waals surface area contributed by atoms with Gasteiger partial charge >= 0.3 is 5.97 Å². The van der Waals surface area contributed by atoms with E-state index < -0.39 is 5.97 Å². The van der Waals surface area contributed by atoms with Gasteiger partial charge in [-0.2, -0.15) is 0 Å². The molecule has 1 fully saturated rings. The molecule has 2 unspecified atom stereocenters. The maximum Gasteiger partial charge on any atom is 0.308 e. The number of carboxylic acid groups (broad SMARTS) is 1. The second-order valence-electron chi connectivity index (χ2n) is 5.79. The first-order valence-corrected chi connectivity index (χ1v) is 7.76. The van der Waals surface area contributed by atoms with E-state index in [1.54, 1.807) is 0 Å². The Balaban J connectivity index is 1.79. The van der Waals surface area contributed by atoms with Crippen LogP contribution in [0, 0.1) is 5.92 Å². The molecule has 0 saturated carbocycles. The monoisotopic (exact) mass is 315 g/mol. The highest BCUT2D eigenvalue weighted by Gasteiger charge is 2.38. The van der Waals surface area contributed by atoms with Gasteiger partial charge in [0.2, 0.25) is 0 Å². The van der Waals surface area contributed by atoms with Gasteiger partial charge in [-0.25, -0.2) is 0 Å². The average Bonchev–Trinajstić information content (AvgIpc) is 2.92. The van der Waals surface area contributed by atoms with Crippen molar-refractivity contribution in [2.45, 2.75) is 12.5 Å². The van der Waals surface area contributed by atoms with Gasteiger partial charge in [-0.1, -0.05) is 54.1 Å². The zero-order valence-electron chi connectivity index (χ0n) is 12.2. The van der Waals surface area contributed by atoms with E-state index in [4.69, 9.17) is 11.6 Å². The van der Waals surface area contributed by atoms with Crippen molar-refractivity contribution in [1.29, 1.82) is 0 Å². The van der Waals surface area contributed by atoms with Gasteiger partial charge in [0.1, 0.15) is 0 Å². The first-order chi connectivity index (χ1) is 10.6. The number of rotatable bonds is 4. The second kappa shape index (κ2) is 6.51. The van der Waals surface area contributed by atoms with Gasteiger partial charge in [0.15, 0.2) is 0 Å². The molecule has 1 heterocycles. The fourth-order valence-corrected chi connectivity index (χ4v) is 3.38. The van der Waals surface area contributed by atoms with Crippen LogP contribution in [-0.4, -0.2) is 29.1 Å². The van der Waals surface area contributed by atoms with E-state index in [2.05, 4.69) is 17.0 Å². The molecule has 1 N–H and O–H groups in total. The van der Waals surface area contributed by atoms with Crippen LogP contribution < -0.4 is 0 Å². The maximum absolute atomic E-state index is 11.6. The number of halogens is 1. The van der Waals surface area contributed by atoms with Crippen LogP contribution in [0.1, 0.15) is 17.0 Å². The number of carboxylic acids is 1. The molecule has 1 aliphatic heterocycles. The SMILES string of the molecule is O=C(O)C1CN(Cc2ccccc2)CC1c1cccc(Cl)c1.